The number of nitrogens with one attached hydrogen (secondary N) is 1. The van der Waals surface area contributed by atoms with Crippen LogP contribution in [0.15, 0.2) is 12.7 Å². The average Bonchev–Trinajstić information content (AvgIpc) is 2.04. The summed E-state index contributed by atoms with van der Waals surface area (Å²) < 4.78 is 0. The lowest BCUT2D eigenvalue weighted by Crippen LogP contribution is -2.45. The van der Waals surface area contributed by atoms with E-state index < -0.39 is 0 Å². The smallest absolute Gasteiger partial charge is 0.243 e. The van der Waals surface area contributed by atoms with Crippen LogP contribution in [0.2, 0.25) is 0 Å². The van der Waals surface area contributed by atoms with E-state index >= 15 is 0 Å². The lowest BCUT2D eigenvalue weighted by molar-refractivity contribution is -0.117. The summed E-state index contributed by atoms with van der Waals surface area (Å²) >= 11 is 0. The van der Waals surface area contributed by atoms with Crippen molar-refractivity contribution in [1.82, 2.24) is 10.2 Å². The summed E-state index contributed by atoms with van der Waals surface area (Å²) in [6, 6.07) is 0.314. The average molecular weight is 168 g/mol. The van der Waals surface area contributed by atoms with Gasteiger partial charge in [0.25, 0.3) is 0 Å². The second-order valence-corrected chi connectivity index (χ2v) is 3.31. The number of carbonyl (C=O) groups is 1. The molecule has 1 atom stereocenters. The van der Waals surface area contributed by atoms with Crippen molar-refractivity contribution in [2.24, 2.45) is 0 Å². The lowest BCUT2D eigenvalue weighted by Gasteiger charge is -2.29. The summed E-state index contributed by atoms with van der Waals surface area (Å²) in [5.74, 6) is -0.0599. The summed E-state index contributed by atoms with van der Waals surface area (Å²) in [7, 11) is 2.08. The zero-order valence-corrected chi connectivity index (χ0v) is 7.55. The van der Waals surface area contributed by atoms with E-state index in [9.17, 15) is 4.79 Å². The van der Waals surface area contributed by atoms with Crippen molar-refractivity contribution in [2.75, 3.05) is 20.1 Å². The Bertz CT molecular complexity index is 179. The molecule has 3 nitrogen and oxygen atoms in total. The standard InChI is InChI=1S/C9H16N2O/c1-3-9(12)10-8-5-4-6-11(2)7-8/h3,8H,1,4-7H2,2H3,(H,10,12)/t8-/m1/s1. The van der Waals surface area contributed by atoms with E-state index in [2.05, 4.69) is 23.8 Å². The summed E-state index contributed by atoms with van der Waals surface area (Å²) in [6.07, 6.45) is 3.58. The van der Waals surface area contributed by atoms with Crippen LogP contribution in [-0.4, -0.2) is 37.0 Å². The van der Waals surface area contributed by atoms with Gasteiger partial charge >= 0.3 is 0 Å². The summed E-state index contributed by atoms with van der Waals surface area (Å²) in [5, 5.41) is 2.90. The molecule has 1 rings (SSSR count). The van der Waals surface area contributed by atoms with Crippen molar-refractivity contribution < 1.29 is 4.79 Å². The minimum absolute atomic E-state index is 0.0599. The van der Waals surface area contributed by atoms with Gasteiger partial charge in [-0.3, -0.25) is 4.79 Å². The maximum atomic E-state index is 10.9. The molecule has 1 aliphatic heterocycles. The predicted octanol–water partition coefficient (Wildman–Crippen LogP) is 0.383. The van der Waals surface area contributed by atoms with Crippen molar-refractivity contribution >= 4 is 5.91 Å². The first-order chi connectivity index (χ1) is 5.72. The highest BCUT2D eigenvalue weighted by Gasteiger charge is 2.17. The third-order valence-corrected chi connectivity index (χ3v) is 2.16. The molecular weight excluding hydrogens is 152 g/mol. The fourth-order valence-electron chi connectivity index (χ4n) is 1.54. The van der Waals surface area contributed by atoms with Gasteiger partial charge in [-0.25, -0.2) is 0 Å². The number of carbonyl (C=O) groups excluding carboxylic acids is 1. The van der Waals surface area contributed by atoms with Crippen LogP contribution in [-0.2, 0) is 4.79 Å². The van der Waals surface area contributed by atoms with Crippen LogP contribution in [0, 0.1) is 0 Å². The number of hydrogen-bond acceptors (Lipinski definition) is 2. The van der Waals surface area contributed by atoms with Gasteiger partial charge in [-0.15, -0.1) is 0 Å². The maximum Gasteiger partial charge on any atom is 0.243 e. The molecule has 0 spiro atoms. The first kappa shape index (κ1) is 9.26. The van der Waals surface area contributed by atoms with Crippen LogP contribution in [0.3, 0.4) is 0 Å². The van der Waals surface area contributed by atoms with Crippen molar-refractivity contribution in [1.29, 1.82) is 0 Å². The third kappa shape index (κ3) is 2.66. The molecule has 0 aromatic heterocycles. The van der Waals surface area contributed by atoms with Crippen LogP contribution in [0.4, 0.5) is 0 Å². The van der Waals surface area contributed by atoms with Crippen LogP contribution in [0.1, 0.15) is 12.8 Å². The van der Waals surface area contributed by atoms with E-state index in [4.69, 9.17) is 0 Å². The molecule has 0 radical (unpaired) electrons. The summed E-state index contributed by atoms with van der Waals surface area (Å²) in [5.41, 5.74) is 0. The molecule has 12 heavy (non-hydrogen) atoms. The molecule has 1 amide bonds. The Morgan fingerprint density at radius 1 is 1.75 bits per heavy atom. The summed E-state index contributed by atoms with van der Waals surface area (Å²) in [4.78, 5) is 13.2. The topological polar surface area (TPSA) is 32.3 Å². The molecule has 1 heterocycles. The Morgan fingerprint density at radius 2 is 2.50 bits per heavy atom. The van der Waals surface area contributed by atoms with Gasteiger partial charge in [0.1, 0.15) is 0 Å². The number of rotatable bonds is 2. The van der Waals surface area contributed by atoms with Gasteiger partial charge in [0.05, 0.1) is 0 Å². The number of hydrogen-bond donors (Lipinski definition) is 1. The Balaban J connectivity index is 2.31. The van der Waals surface area contributed by atoms with Crippen molar-refractivity contribution in [3.63, 3.8) is 0 Å². The minimum atomic E-state index is -0.0599. The molecule has 0 saturated carbocycles. The first-order valence-electron chi connectivity index (χ1n) is 4.34. The third-order valence-electron chi connectivity index (χ3n) is 2.16. The molecule has 0 unspecified atom stereocenters. The van der Waals surface area contributed by atoms with E-state index in [0.717, 1.165) is 19.5 Å². The molecule has 1 fully saturated rings. The van der Waals surface area contributed by atoms with Crippen molar-refractivity contribution in [2.45, 2.75) is 18.9 Å². The molecular formula is C9H16N2O. The Kier molecular flexibility index (Phi) is 3.29. The van der Waals surface area contributed by atoms with Crippen molar-refractivity contribution in [3.8, 4) is 0 Å². The van der Waals surface area contributed by atoms with Crippen LogP contribution < -0.4 is 5.32 Å². The lowest BCUT2D eigenvalue weighted by atomic mass is 10.1. The zero-order chi connectivity index (χ0) is 8.97. The van der Waals surface area contributed by atoms with Gasteiger partial charge in [-0.1, -0.05) is 6.58 Å². The maximum absolute atomic E-state index is 10.9. The number of piperidine rings is 1. The van der Waals surface area contributed by atoms with Gasteiger partial charge in [0.2, 0.25) is 5.91 Å². The highest BCUT2D eigenvalue weighted by atomic mass is 16.1. The SMILES string of the molecule is C=CC(=O)N[C@@H]1CCCN(C)C1. The minimum Gasteiger partial charge on any atom is -0.349 e. The van der Waals surface area contributed by atoms with E-state index in [0.29, 0.717) is 6.04 Å². The fraction of sp³-hybridized carbons (Fsp3) is 0.667. The van der Waals surface area contributed by atoms with Gasteiger partial charge in [0, 0.05) is 12.6 Å². The highest BCUT2D eigenvalue weighted by molar-refractivity contribution is 5.87. The molecule has 3 heteroatoms. The molecule has 0 bridgehead atoms. The van der Waals surface area contributed by atoms with Crippen LogP contribution >= 0.6 is 0 Å². The van der Waals surface area contributed by atoms with Gasteiger partial charge in [-0.2, -0.15) is 0 Å². The molecule has 0 aromatic carbocycles. The Labute approximate surface area is 73.4 Å². The van der Waals surface area contributed by atoms with Crippen LogP contribution in [0.5, 0.6) is 0 Å². The molecule has 1 N–H and O–H groups in total. The van der Waals surface area contributed by atoms with E-state index in [1.54, 1.807) is 0 Å². The van der Waals surface area contributed by atoms with Gasteiger partial charge in [0.15, 0.2) is 0 Å². The normalized spacial score (nSPS) is 24.9. The second-order valence-electron chi connectivity index (χ2n) is 3.31. The largest absolute Gasteiger partial charge is 0.349 e. The quantitative estimate of drug-likeness (QED) is 0.605. The summed E-state index contributed by atoms with van der Waals surface area (Å²) in [6.45, 7) is 5.52. The molecule has 1 aliphatic rings. The Morgan fingerprint density at radius 3 is 3.08 bits per heavy atom. The first-order valence-corrected chi connectivity index (χ1v) is 4.34. The second kappa shape index (κ2) is 4.26. The molecule has 1 saturated heterocycles. The van der Waals surface area contributed by atoms with Crippen LogP contribution in [0.25, 0.3) is 0 Å². The molecule has 0 aliphatic carbocycles. The van der Waals surface area contributed by atoms with Gasteiger partial charge < -0.3 is 10.2 Å². The predicted molar refractivity (Wildman–Crippen MR) is 48.9 cm³/mol. The number of nitrogens with zero attached hydrogens (tertiary/aromatic N) is 1. The molecule has 68 valence electrons. The van der Waals surface area contributed by atoms with Crippen molar-refractivity contribution in [3.05, 3.63) is 12.7 Å². The zero-order valence-electron chi connectivity index (χ0n) is 7.55. The van der Waals surface area contributed by atoms with E-state index in [1.165, 1.54) is 12.5 Å². The monoisotopic (exact) mass is 168 g/mol. The highest BCUT2D eigenvalue weighted by Crippen LogP contribution is 2.07. The Hall–Kier alpha value is -0.830. The molecule has 0 aromatic rings. The fourth-order valence-corrected chi connectivity index (χ4v) is 1.54. The van der Waals surface area contributed by atoms with E-state index in [1.807, 2.05) is 0 Å². The number of likely N-dealkylation sites (N-methyl/N-ethyl adjacent to an activating group) is 1. The van der Waals surface area contributed by atoms with E-state index in [-0.39, 0.29) is 5.91 Å². The number of amides is 1. The number of likely N-dealkylation sites (tertiary alicyclic amines) is 1. The van der Waals surface area contributed by atoms with Gasteiger partial charge in [-0.05, 0) is 32.5 Å².